The van der Waals surface area contributed by atoms with Gasteiger partial charge in [-0.05, 0) is 54.6 Å². The van der Waals surface area contributed by atoms with Crippen molar-refractivity contribution in [2.24, 2.45) is 0 Å². The van der Waals surface area contributed by atoms with E-state index in [9.17, 15) is 13.2 Å². The van der Waals surface area contributed by atoms with Crippen LogP contribution in [-0.4, -0.2) is 26.6 Å². The van der Waals surface area contributed by atoms with Crippen LogP contribution in [0.15, 0.2) is 63.9 Å². The van der Waals surface area contributed by atoms with Gasteiger partial charge in [-0.1, -0.05) is 11.6 Å². The molecule has 7 nitrogen and oxygen atoms in total. The number of furan rings is 1. The molecule has 0 saturated carbocycles. The van der Waals surface area contributed by atoms with Gasteiger partial charge in [-0.3, -0.25) is 4.72 Å². The van der Waals surface area contributed by atoms with Crippen LogP contribution in [0.5, 0.6) is 5.75 Å². The summed E-state index contributed by atoms with van der Waals surface area (Å²) in [5.74, 6) is -0.813. The first-order valence-corrected chi connectivity index (χ1v) is 9.46. The van der Waals surface area contributed by atoms with E-state index in [1.165, 1.54) is 55.6 Å². The molecule has 9 heteroatoms. The van der Waals surface area contributed by atoms with Crippen LogP contribution in [0.2, 0.25) is 5.02 Å². The minimum atomic E-state index is -3.83. The number of carboxylic acids is 1. The number of sulfonamides is 1. The fourth-order valence-corrected chi connectivity index (χ4v) is 3.56. The number of rotatable bonds is 6. The van der Waals surface area contributed by atoms with Gasteiger partial charge in [-0.15, -0.1) is 0 Å². The molecule has 0 aliphatic carbocycles. The van der Waals surface area contributed by atoms with E-state index < -0.39 is 16.0 Å². The van der Waals surface area contributed by atoms with E-state index in [-0.39, 0.29) is 22.1 Å². The maximum Gasteiger partial charge on any atom is 0.371 e. The lowest BCUT2D eigenvalue weighted by Gasteiger charge is -2.12. The van der Waals surface area contributed by atoms with Gasteiger partial charge in [0.25, 0.3) is 10.0 Å². The Hall–Kier alpha value is -2.97. The molecule has 140 valence electrons. The molecular formula is C18H14ClNO6S. The van der Waals surface area contributed by atoms with Gasteiger partial charge >= 0.3 is 5.97 Å². The Bertz CT molecular complexity index is 1090. The number of benzene rings is 2. The highest BCUT2D eigenvalue weighted by Crippen LogP contribution is 2.34. The van der Waals surface area contributed by atoms with Crippen molar-refractivity contribution in [2.75, 3.05) is 11.8 Å². The molecule has 0 atom stereocenters. The second kappa shape index (κ2) is 7.34. The third kappa shape index (κ3) is 4.07. The third-order valence-electron chi connectivity index (χ3n) is 3.66. The third-order valence-corrected chi connectivity index (χ3v) is 5.31. The minimum absolute atomic E-state index is 0.0513. The predicted octanol–water partition coefficient (Wildman–Crippen LogP) is 4.11. The molecule has 3 rings (SSSR count). The molecule has 0 radical (unpaired) electrons. The topological polar surface area (TPSA) is 106 Å². The number of halogens is 1. The van der Waals surface area contributed by atoms with Gasteiger partial charge in [0.15, 0.2) is 0 Å². The average molecular weight is 408 g/mol. The number of hydrogen-bond donors (Lipinski definition) is 2. The van der Waals surface area contributed by atoms with Crippen molar-refractivity contribution in [1.29, 1.82) is 0 Å². The number of ether oxygens (including phenoxy) is 1. The Morgan fingerprint density at radius 2 is 1.81 bits per heavy atom. The van der Waals surface area contributed by atoms with Crippen LogP contribution in [0.3, 0.4) is 0 Å². The molecule has 0 fully saturated rings. The molecule has 0 saturated heterocycles. The molecule has 2 aromatic carbocycles. The van der Waals surface area contributed by atoms with Gasteiger partial charge in [0.2, 0.25) is 5.76 Å². The second-order valence-corrected chi connectivity index (χ2v) is 7.56. The molecule has 27 heavy (non-hydrogen) atoms. The Labute approximate surface area is 160 Å². The van der Waals surface area contributed by atoms with Crippen LogP contribution in [-0.2, 0) is 10.0 Å². The molecular weight excluding hydrogens is 394 g/mol. The number of nitrogens with one attached hydrogen (secondary N) is 1. The number of anilines is 1. The first-order valence-electron chi connectivity index (χ1n) is 7.60. The highest BCUT2D eigenvalue weighted by atomic mass is 35.5. The van der Waals surface area contributed by atoms with E-state index in [0.717, 1.165) is 0 Å². The maximum absolute atomic E-state index is 12.5. The van der Waals surface area contributed by atoms with Crippen LogP contribution in [0, 0.1) is 0 Å². The minimum Gasteiger partial charge on any atom is -0.496 e. The summed E-state index contributed by atoms with van der Waals surface area (Å²) in [7, 11) is -2.39. The van der Waals surface area contributed by atoms with Crippen molar-refractivity contribution in [3.63, 3.8) is 0 Å². The highest BCUT2D eigenvalue weighted by molar-refractivity contribution is 7.92. The zero-order valence-electron chi connectivity index (χ0n) is 14.0. The van der Waals surface area contributed by atoms with Crippen molar-refractivity contribution in [1.82, 2.24) is 0 Å². The standard InChI is InChI=1S/C18H14ClNO6S/c1-25-15-7-4-12(10-14(15)16-8-9-17(26-16)18(21)22)20-27(23,24)13-5-2-11(19)3-6-13/h2-10,20H,1H3,(H,21,22). The summed E-state index contributed by atoms with van der Waals surface area (Å²) in [6.07, 6.45) is 0. The van der Waals surface area contributed by atoms with E-state index >= 15 is 0 Å². The number of carbonyl (C=O) groups is 1. The fraction of sp³-hybridized carbons (Fsp3) is 0.0556. The molecule has 0 aliphatic rings. The van der Waals surface area contributed by atoms with Crippen LogP contribution < -0.4 is 9.46 Å². The molecule has 0 unspecified atom stereocenters. The first-order chi connectivity index (χ1) is 12.8. The summed E-state index contributed by atoms with van der Waals surface area (Å²) in [6.45, 7) is 0. The lowest BCUT2D eigenvalue weighted by atomic mass is 10.1. The van der Waals surface area contributed by atoms with Crippen molar-refractivity contribution < 1.29 is 27.5 Å². The van der Waals surface area contributed by atoms with Gasteiger partial charge < -0.3 is 14.3 Å². The van der Waals surface area contributed by atoms with Crippen LogP contribution in [0.25, 0.3) is 11.3 Å². The average Bonchev–Trinajstić information content (AvgIpc) is 3.12. The van der Waals surface area contributed by atoms with Gasteiger partial charge in [0.1, 0.15) is 11.5 Å². The van der Waals surface area contributed by atoms with E-state index in [0.29, 0.717) is 16.3 Å². The predicted molar refractivity (Wildman–Crippen MR) is 99.9 cm³/mol. The fourth-order valence-electron chi connectivity index (χ4n) is 2.39. The largest absolute Gasteiger partial charge is 0.496 e. The van der Waals surface area contributed by atoms with Crippen molar-refractivity contribution in [2.45, 2.75) is 4.90 Å². The van der Waals surface area contributed by atoms with Gasteiger partial charge in [-0.25, -0.2) is 13.2 Å². The lowest BCUT2D eigenvalue weighted by Crippen LogP contribution is -2.12. The van der Waals surface area contributed by atoms with Crippen molar-refractivity contribution >= 4 is 33.3 Å². The molecule has 0 amide bonds. The molecule has 1 heterocycles. The van der Waals surface area contributed by atoms with E-state index in [1.807, 2.05) is 0 Å². The van der Waals surface area contributed by atoms with Crippen molar-refractivity contribution in [3.05, 3.63) is 65.4 Å². The van der Waals surface area contributed by atoms with E-state index in [4.69, 9.17) is 25.9 Å². The summed E-state index contributed by atoms with van der Waals surface area (Å²) >= 11 is 5.79. The SMILES string of the molecule is COc1ccc(NS(=O)(=O)c2ccc(Cl)cc2)cc1-c1ccc(C(=O)O)o1. The smallest absolute Gasteiger partial charge is 0.371 e. The van der Waals surface area contributed by atoms with Gasteiger partial charge in [-0.2, -0.15) is 0 Å². The summed E-state index contributed by atoms with van der Waals surface area (Å²) in [5, 5.41) is 9.42. The summed E-state index contributed by atoms with van der Waals surface area (Å²) in [6, 6.07) is 13.1. The number of hydrogen-bond acceptors (Lipinski definition) is 5. The first kappa shape index (κ1) is 18.8. The monoisotopic (exact) mass is 407 g/mol. The summed E-state index contributed by atoms with van der Waals surface area (Å²) < 4.78 is 38.0. The number of methoxy groups -OCH3 is 1. The van der Waals surface area contributed by atoms with E-state index in [1.54, 1.807) is 6.07 Å². The number of carboxylic acid groups (broad SMARTS) is 1. The summed E-state index contributed by atoms with van der Waals surface area (Å²) in [4.78, 5) is 11.1. The normalized spacial score (nSPS) is 11.2. The molecule has 2 N–H and O–H groups in total. The zero-order chi connectivity index (χ0) is 19.6. The van der Waals surface area contributed by atoms with Gasteiger partial charge in [0, 0.05) is 10.7 Å². The zero-order valence-corrected chi connectivity index (χ0v) is 15.5. The Balaban J connectivity index is 1.97. The van der Waals surface area contributed by atoms with Crippen LogP contribution in [0.1, 0.15) is 10.6 Å². The second-order valence-electron chi connectivity index (χ2n) is 5.44. The van der Waals surface area contributed by atoms with Crippen LogP contribution in [0.4, 0.5) is 5.69 Å². The quantitative estimate of drug-likeness (QED) is 0.637. The Morgan fingerprint density at radius 3 is 2.41 bits per heavy atom. The highest BCUT2D eigenvalue weighted by Gasteiger charge is 2.18. The molecule has 1 aromatic heterocycles. The number of aromatic carboxylic acids is 1. The van der Waals surface area contributed by atoms with Gasteiger partial charge in [0.05, 0.1) is 17.6 Å². The Kier molecular flexibility index (Phi) is 5.11. The van der Waals surface area contributed by atoms with E-state index in [2.05, 4.69) is 4.72 Å². The molecule has 0 bridgehead atoms. The Morgan fingerprint density at radius 1 is 1.11 bits per heavy atom. The summed E-state index contributed by atoms with van der Waals surface area (Å²) in [5.41, 5.74) is 0.662. The maximum atomic E-state index is 12.5. The van der Waals surface area contributed by atoms with Crippen molar-refractivity contribution in [3.8, 4) is 17.1 Å². The molecule has 0 spiro atoms. The lowest BCUT2D eigenvalue weighted by molar-refractivity contribution is 0.0663. The molecule has 3 aromatic rings. The molecule has 0 aliphatic heterocycles. The van der Waals surface area contributed by atoms with Crippen LogP contribution >= 0.6 is 11.6 Å².